The first-order chi connectivity index (χ1) is 4.84. The number of carbonyl (C=O) groups is 1. The van der Waals surface area contributed by atoms with Gasteiger partial charge >= 0.3 is 12.1 Å². The van der Waals surface area contributed by atoms with Crippen molar-refractivity contribution in [2.75, 3.05) is 0 Å². The molecule has 0 spiro atoms. The largest absolute Gasteiger partial charge is 0.481 e. The molecule has 1 unspecified atom stereocenters. The lowest BCUT2D eigenvalue weighted by molar-refractivity contribution is -0.183. The van der Waals surface area contributed by atoms with Crippen LogP contribution in [0.3, 0.4) is 0 Å². The minimum absolute atomic E-state index is 0.805. The van der Waals surface area contributed by atoms with E-state index in [1.54, 1.807) is 0 Å². The van der Waals surface area contributed by atoms with E-state index < -0.39 is 31.2 Å². The number of hydrogen-bond acceptors (Lipinski definition) is 1. The van der Waals surface area contributed by atoms with E-state index >= 15 is 0 Å². The summed E-state index contributed by atoms with van der Waals surface area (Å²) in [7, 11) is 0. The fraction of sp³-hybridized carbons (Fsp3) is 0.800. The normalized spacial score (nSPS) is 14.5. The zero-order valence-corrected chi connectivity index (χ0v) is 5.36. The average molecular weight is 174 g/mol. The van der Waals surface area contributed by atoms with Gasteiger partial charge in [-0.2, -0.15) is 13.2 Å². The fourth-order valence-corrected chi connectivity index (χ4v) is 0.414. The molecule has 66 valence electrons. The molecule has 0 rings (SSSR count). The van der Waals surface area contributed by atoms with Crippen molar-refractivity contribution in [3.05, 3.63) is 0 Å². The summed E-state index contributed by atoms with van der Waals surface area (Å²) >= 11 is 0. The molecule has 0 aliphatic carbocycles. The van der Waals surface area contributed by atoms with Crippen LogP contribution in [0.25, 0.3) is 0 Å². The molecule has 0 bridgehead atoms. The quantitative estimate of drug-likeness (QED) is 0.661. The molecule has 11 heavy (non-hydrogen) atoms. The molecule has 0 radical (unpaired) electrons. The molecule has 0 fully saturated rings. The van der Waals surface area contributed by atoms with Gasteiger partial charge in [0, 0.05) is 6.42 Å². The maximum atomic E-state index is 11.9. The first kappa shape index (κ1) is 10.2. The Balaban J connectivity index is 3.70. The van der Waals surface area contributed by atoms with Crippen molar-refractivity contribution in [1.29, 1.82) is 0 Å². The molecule has 0 aromatic heterocycles. The van der Waals surface area contributed by atoms with E-state index in [-0.39, 0.29) is 0 Å². The number of aliphatic carboxylic acids is 1. The van der Waals surface area contributed by atoms with Crippen molar-refractivity contribution in [1.82, 2.24) is 0 Å². The first-order valence-corrected chi connectivity index (χ1v) is 2.76. The SMILES string of the molecule is O=C(O)CCC(F)C(F)(F)F. The molecule has 0 saturated heterocycles. The lowest BCUT2D eigenvalue weighted by Gasteiger charge is -2.09. The molecule has 0 aliphatic rings. The van der Waals surface area contributed by atoms with Crippen molar-refractivity contribution in [2.45, 2.75) is 25.2 Å². The third-order valence-corrected chi connectivity index (χ3v) is 0.967. The van der Waals surface area contributed by atoms with Gasteiger partial charge in [0.2, 0.25) is 0 Å². The minimum atomic E-state index is -4.94. The van der Waals surface area contributed by atoms with E-state index in [1.165, 1.54) is 0 Å². The summed E-state index contributed by atoms with van der Waals surface area (Å²) in [5.41, 5.74) is 0. The molecule has 0 saturated carbocycles. The van der Waals surface area contributed by atoms with Gasteiger partial charge in [0.15, 0.2) is 6.17 Å². The van der Waals surface area contributed by atoms with E-state index in [0.717, 1.165) is 0 Å². The molecule has 0 amide bonds. The van der Waals surface area contributed by atoms with Crippen LogP contribution < -0.4 is 0 Å². The van der Waals surface area contributed by atoms with Crippen LogP contribution in [0.2, 0.25) is 0 Å². The van der Waals surface area contributed by atoms with Crippen LogP contribution in [0.15, 0.2) is 0 Å². The molecule has 0 heterocycles. The lowest BCUT2D eigenvalue weighted by atomic mass is 10.2. The Kier molecular flexibility index (Phi) is 3.28. The average Bonchev–Trinajstić information content (AvgIpc) is 1.80. The number of rotatable bonds is 3. The van der Waals surface area contributed by atoms with Crippen molar-refractivity contribution < 1.29 is 27.5 Å². The molecule has 6 heteroatoms. The summed E-state index contributed by atoms with van der Waals surface area (Å²) in [4.78, 5) is 9.70. The Morgan fingerprint density at radius 1 is 1.45 bits per heavy atom. The van der Waals surface area contributed by atoms with Gasteiger partial charge in [-0.05, 0) is 6.42 Å². The first-order valence-electron chi connectivity index (χ1n) is 2.76. The summed E-state index contributed by atoms with van der Waals surface area (Å²) in [6.45, 7) is 0. The van der Waals surface area contributed by atoms with Gasteiger partial charge in [-0.15, -0.1) is 0 Å². The standard InChI is InChI=1S/C5H6F4O2/c6-3(5(7,8)9)1-2-4(10)11/h3H,1-2H2,(H,10,11). The third kappa shape index (κ3) is 4.58. The summed E-state index contributed by atoms with van der Waals surface area (Å²) in [5, 5.41) is 7.89. The van der Waals surface area contributed by atoms with E-state index in [4.69, 9.17) is 5.11 Å². The maximum absolute atomic E-state index is 11.9. The highest BCUT2D eigenvalue weighted by molar-refractivity contribution is 5.66. The Labute approximate surface area is 59.8 Å². The van der Waals surface area contributed by atoms with Gasteiger partial charge < -0.3 is 5.11 Å². The summed E-state index contributed by atoms with van der Waals surface area (Å²) in [5.74, 6) is -1.43. The van der Waals surface area contributed by atoms with E-state index in [1.807, 2.05) is 0 Å². The molecular weight excluding hydrogens is 168 g/mol. The van der Waals surface area contributed by atoms with Crippen LogP contribution in [-0.4, -0.2) is 23.4 Å². The van der Waals surface area contributed by atoms with Crippen molar-refractivity contribution >= 4 is 5.97 Å². The fourth-order valence-electron chi connectivity index (χ4n) is 0.414. The zero-order chi connectivity index (χ0) is 9.07. The second kappa shape index (κ2) is 3.54. The molecular formula is C5H6F4O2. The number of alkyl halides is 4. The smallest absolute Gasteiger partial charge is 0.419 e. The molecule has 2 nitrogen and oxygen atoms in total. The predicted octanol–water partition coefficient (Wildman–Crippen LogP) is 1.75. The molecule has 1 atom stereocenters. The highest BCUT2D eigenvalue weighted by Gasteiger charge is 2.39. The van der Waals surface area contributed by atoms with Crippen LogP contribution in [0.4, 0.5) is 17.6 Å². The second-order valence-corrected chi connectivity index (χ2v) is 1.94. The minimum Gasteiger partial charge on any atom is -0.481 e. The van der Waals surface area contributed by atoms with E-state index in [9.17, 15) is 22.4 Å². The number of halogens is 4. The van der Waals surface area contributed by atoms with Gasteiger partial charge in [0.05, 0.1) is 0 Å². The van der Waals surface area contributed by atoms with Crippen LogP contribution in [0, 0.1) is 0 Å². The lowest BCUT2D eigenvalue weighted by Crippen LogP contribution is -2.24. The zero-order valence-electron chi connectivity index (χ0n) is 5.36. The summed E-state index contributed by atoms with van der Waals surface area (Å²) in [6.07, 6.45) is -9.78. The number of carboxylic acids is 1. The Morgan fingerprint density at radius 2 is 1.91 bits per heavy atom. The molecule has 0 aromatic carbocycles. The highest BCUT2D eigenvalue weighted by Crippen LogP contribution is 2.25. The highest BCUT2D eigenvalue weighted by atomic mass is 19.4. The predicted molar refractivity (Wildman–Crippen MR) is 27.8 cm³/mol. The molecule has 1 N–H and O–H groups in total. The van der Waals surface area contributed by atoms with E-state index in [2.05, 4.69) is 0 Å². The summed E-state index contributed by atoms with van der Waals surface area (Å²) in [6, 6.07) is 0. The molecule has 0 aliphatic heterocycles. The van der Waals surface area contributed by atoms with Crippen molar-refractivity contribution in [2.24, 2.45) is 0 Å². The number of hydrogen-bond donors (Lipinski definition) is 1. The monoisotopic (exact) mass is 174 g/mol. The van der Waals surface area contributed by atoms with Crippen LogP contribution in [0.5, 0.6) is 0 Å². The van der Waals surface area contributed by atoms with Gasteiger partial charge in [0.25, 0.3) is 0 Å². The Hall–Kier alpha value is -0.810. The Morgan fingerprint density at radius 3 is 2.18 bits per heavy atom. The van der Waals surface area contributed by atoms with Crippen LogP contribution in [-0.2, 0) is 4.79 Å². The number of carboxylic acid groups (broad SMARTS) is 1. The second-order valence-electron chi connectivity index (χ2n) is 1.94. The van der Waals surface area contributed by atoms with Crippen LogP contribution in [0.1, 0.15) is 12.8 Å². The topological polar surface area (TPSA) is 37.3 Å². The van der Waals surface area contributed by atoms with Gasteiger partial charge in [-0.1, -0.05) is 0 Å². The maximum Gasteiger partial charge on any atom is 0.419 e. The summed E-state index contributed by atoms with van der Waals surface area (Å²) < 4.78 is 45.9. The van der Waals surface area contributed by atoms with E-state index in [0.29, 0.717) is 0 Å². The van der Waals surface area contributed by atoms with Gasteiger partial charge in [-0.3, -0.25) is 4.79 Å². The van der Waals surface area contributed by atoms with Gasteiger partial charge in [-0.25, -0.2) is 4.39 Å². The van der Waals surface area contributed by atoms with Gasteiger partial charge in [0.1, 0.15) is 0 Å². The van der Waals surface area contributed by atoms with Crippen molar-refractivity contribution in [3.8, 4) is 0 Å². The third-order valence-electron chi connectivity index (χ3n) is 0.967. The molecule has 0 aromatic rings. The van der Waals surface area contributed by atoms with Crippen LogP contribution >= 0.6 is 0 Å². The van der Waals surface area contributed by atoms with Crippen molar-refractivity contribution in [3.63, 3.8) is 0 Å². The Bertz CT molecular complexity index is 142.